The van der Waals surface area contributed by atoms with Crippen molar-refractivity contribution in [1.29, 1.82) is 0 Å². The van der Waals surface area contributed by atoms with Gasteiger partial charge in [-0.25, -0.2) is 4.98 Å². The van der Waals surface area contributed by atoms with Crippen LogP contribution in [0, 0.1) is 10.9 Å². The van der Waals surface area contributed by atoms with Gasteiger partial charge in [0.15, 0.2) is 12.6 Å². The van der Waals surface area contributed by atoms with Crippen molar-refractivity contribution in [3.05, 3.63) is 25.6 Å². The number of fused-ring (bicyclic) bond motifs is 1. The Labute approximate surface area is 130 Å². The first-order chi connectivity index (χ1) is 9.58. The van der Waals surface area contributed by atoms with E-state index in [0.29, 0.717) is 20.9 Å². The third-order valence-electron chi connectivity index (χ3n) is 2.64. The smallest absolute Gasteiger partial charge is 0.267 e. The van der Waals surface area contributed by atoms with Crippen molar-refractivity contribution in [2.75, 3.05) is 0 Å². The van der Waals surface area contributed by atoms with Gasteiger partial charge in [-0.1, -0.05) is 29.6 Å². The molecule has 0 atom stereocenters. The molecule has 0 aliphatic heterocycles. The van der Waals surface area contributed by atoms with Gasteiger partial charge in [-0.05, 0) is 37.3 Å². The van der Waals surface area contributed by atoms with E-state index in [4.69, 9.17) is 12.2 Å². The number of H-pyrrole nitrogens is 1. The standard InChI is InChI=1S/C10H9N5OS4/c1-3-5-4(2)11-7-15(6(5)16)14-10(18-7)20-9-13-12-8(17)19-9/h3H2,1-2H3,(H,12,17). The fraction of sp³-hybridized carbons (Fsp3) is 0.300. The lowest BCUT2D eigenvalue weighted by Crippen LogP contribution is -2.21. The number of hydrogen-bond acceptors (Lipinski definition) is 8. The van der Waals surface area contributed by atoms with Crippen molar-refractivity contribution in [3.8, 4) is 0 Å². The fourth-order valence-corrected chi connectivity index (χ4v) is 5.00. The largest absolute Gasteiger partial charge is 0.278 e. The lowest BCUT2D eigenvalue weighted by atomic mass is 10.2. The van der Waals surface area contributed by atoms with E-state index in [-0.39, 0.29) is 5.56 Å². The van der Waals surface area contributed by atoms with E-state index < -0.39 is 0 Å². The van der Waals surface area contributed by atoms with Crippen molar-refractivity contribution < 1.29 is 0 Å². The van der Waals surface area contributed by atoms with Gasteiger partial charge in [0.25, 0.3) is 5.56 Å². The minimum Gasteiger partial charge on any atom is -0.267 e. The van der Waals surface area contributed by atoms with Crippen molar-refractivity contribution in [3.63, 3.8) is 0 Å². The highest BCUT2D eigenvalue weighted by Gasteiger charge is 2.14. The van der Waals surface area contributed by atoms with E-state index in [9.17, 15) is 4.79 Å². The SMILES string of the molecule is CCc1c(C)nc2sc(Sc3n[nH]c(=S)s3)nn2c1=O. The van der Waals surface area contributed by atoms with Crippen molar-refractivity contribution in [1.82, 2.24) is 24.8 Å². The molecule has 3 rings (SSSR count). The van der Waals surface area contributed by atoms with Crippen LogP contribution >= 0.6 is 46.7 Å². The quantitative estimate of drug-likeness (QED) is 0.737. The molecule has 0 spiro atoms. The molecule has 0 radical (unpaired) electrons. The number of aromatic nitrogens is 5. The number of aromatic amines is 1. The molecule has 10 heteroatoms. The maximum Gasteiger partial charge on any atom is 0.278 e. The Morgan fingerprint density at radius 1 is 1.40 bits per heavy atom. The van der Waals surface area contributed by atoms with E-state index in [1.807, 2.05) is 13.8 Å². The average Bonchev–Trinajstić information content (AvgIpc) is 2.97. The molecule has 0 aromatic carbocycles. The van der Waals surface area contributed by atoms with E-state index >= 15 is 0 Å². The van der Waals surface area contributed by atoms with Gasteiger partial charge >= 0.3 is 0 Å². The highest BCUT2D eigenvalue weighted by Crippen LogP contribution is 2.31. The lowest BCUT2D eigenvalue weighted by molar-refractivity contribution is 0.823. The second-order valence-corrected chi connectivity index (χ2v) is 7.99. The summed E-state index contributed by atoms with van der Waals surface area (Å²) in [5, 5.41) is 11.1. The molecule has 3 aromatic heterocycles. The Bertz CT molecular complexity index is 889. The van der Waals surface area contributed by atoms with Gasteiger partial charge in [0.1, 0.15) is 0 Å². The summed E-state index contributed by atoms with van der Waals surface area (Å²) in [6.45, 7) is 3.79. The minimum absolute atomic E-state index is 0.0900. The van der Waals surface area contributed by atoms with E-state index in [2.05, 4.69) is 20.3 Å². The second-order valence-electron chi connectivity index (χ2n) is 3.88. The summed E-state index contributed by atoms with van der Waals surface area (Å²) in [5.74, 6) is 0. The predicted octanol–water partition coefficient (Wildman–Crippen LogP) is 2.69. The summed E-state index contributed by atoms with van der Waals surface area (Å²) < 4.78 is 3.48. The summed E-state index contributed by atoms with van der Waals surface area (Å²) in [5.41, 5.74) is 1.39. The van der Waals surface area contributed by atoms with Gasteiger partial charge in [0, 0.05) is 11.3 Å². The van der Waals surface area contributed by atoms with Crippen LogP contribution in [0.5, 0.6) is 0 Å². The number of nitrogens with one attached hydrogen (secondary N) is 1. The molecular formula is C10H9N5OS4. The maximum absolute atomic E-state index is 12.3. The zero-order valence-corrected chi connectivity index (χ0v) is 13.8. The molecule has 6 nitrogen and oxygen atoms in total. The molecule has 0 amide bonds. The Hall–Kier alpha value is -1.10. The molecule has 3 heterocycles. The zero-order chi connectivity index (χ0) is 14.3. The summed E-state index contributed by atoms with van der Waals surface area (Å²) in [4.78, 5) is 17.3. The van der Waals surface area contributed by atoms with Crippen molar-refractivity contribution >= 4 is 51.6 Å². The second kappa shape index (κ2) is 5.35. The normalized spacial score (nSPS) is 11.3. The van der Waals surface area contributed by atoms with Crippen LogP contribution in [0.1, 0.15) is 18.2 Å². The summed E-state index contributed by atoms with van der Waals surface area (Å²) in [6, 6.07) is 0. The zero-order valence-electron chi connectivity index (χ0n) is 10.5. The summed E-state index contributed by atoms with van der Waals surface area (Å²) in [7, 11) is 0. The van der Waals surface area contributed by atoms with E-state index in [1.54, 1.807) is 0 Å². The molecule has 0 bridgehead atoms. The molecular weight excluding hydrogens is 334 g/mol. The predicted molar refractivity (Wildman–Crippen MR) is 82.7 cm³/mol. The summed E-state index contributed by atoms with van der Waals surface area (Å²) in [6.07, 6.45) is 0.654. The third kappa shape index (κ3) is 2.43. The number of hydrogen-bond donors (Lipinski definition) is 1. The Morgan fingerprint density at radius 2 is 2.20 bits per heavy atom. The van der Waals surface area contributed by atoms with Crippen molar-refractivity contribution in [2.24, 2.45) is 0 Å². The topological polar surface area (TPSA) is 75.9 Å². The minimum atomic E-state index is -0.0900. The average molecular weight is 343 g/mol. The first-order valence-corrected chi connectivity index (χ1v) is 8.57. The highest BCUT2D eigenvalue weighted by atomic mass is 32.2. The van der Waals surface area contributed by atoms with Crippen molar-refractivity contribution in [2.45, 2.75) is 28.9 Å². The molecule has 104 valence electrons. The molecule has 20 heavy (non-hydrogen) atoms. The van der Waals surface area contributed by atoms with E-state index in [0.717, 1.165) is 14.4 Å². The van der Waals surface area contributed by atoms with Crippen LogP contribution in [0.2, 0.25) is 0 Å². The van der Waals surface area contributed by atoms with Crippen LogP contribution in [-0.4, -0.2) is 24.8 Å². The monoisotopic (exact) mass is 343 g/mol. The van der Waals surface area contributed by atoms with Gasteiger partial charge in [0.05, 0.1) is 0 Å². The fourth-order valence-electron chi connectivity index (χ4n) is 1.75. The first-order valence-electron chi connectivity index (χ1n) is 5.71. The first kappa shape index (κ1) is 13.9. The van der Waals surface area contributed by atoms with Crippen LogP contribution in [-0.2, 0) is 6.42 Å². The Balaban J connectivity index is 2.09. The van der Waals surface area contributed by atoms with Gasteiger partial charge < -0.3 is 0 Å². The van der Waals surface area contributed by atoms with E-state index in [1.165, 1.54) is 39.0 Å². The lowest BCUT2D eigenvalue weighted by Gasteiger charge is -1.99. The molecule has 0 fully saturated rings. The molecule has 0 saturated heterocycles. The Kier molecular flexibility index (Phi) is 3.71. The van der Waals surface area contributed by atoms with Crippen LogP contribution in [0.25, 0.3) is 4.96 Å². The maximum atomic E-state index is 12.3. The number of nitrogens with zero attached hydrogens (tertiary/aromatic N) is 4. The van der Waals surface area contributed by atoms with Gasteiger partial charge in [-0.15, -0.1) is 5.10 Å². The van der Waals surface area contributed by atoms with Crippen LogP contribution in [0.4, 0.5) is 0 Å². The number of aryl methyl sites for hydroxylation is 1. The molecule has 0 saturated carbocycles. The summed E-state index contributed by atoms with van der Waals surface area (Å²) >= 11 is 9.11. The van der Waals surface area contributed by atoms with Gasteiger partial charge in [-0.3, -0.25) is 9.89 Å². The molecule has 0 aliphatic carbocycles. The third-order valence-corrected chi connectivity index (χ3v) is 5.75. The van der Waals surface area contributed by atoms with Gasteiger partial charge in [-0.2, -0.15) is 9.61 Å². The Morgan fingerprint density at radius 3 is 2.85 bits per heavy atom. The van der Waals surface area contributed by atoms with Crippen LogP contribution in [0.3, 0.4) is 0 Å². The molecule has 0 aliphatic rings. The van der Waals surface area contributed by atoms with Crippen LogP contribution in [0.15, 0.2) is 13.5 Å². The molecule has 1 N–H and O–H groups in total. The molecule has 0 unspecified atom stereocenters. The van der Waals surface area contributed by atoms with Crippen LogP contribution < -0.4 is 5.56 Å². The highest BCUT2D eigenvalue weighted by molar-refractivity contribution is 8.02. The molecule has 3 aromatic rings. The number of rotatable bonds is 3. The van der Waals surface area contributed by atoms with Gasteiger partial charge in [0.2, 0.25) is 4.96 Å².